The molecule has 0 saturated heterocycles. The molecule has 2 aromatic carbocycles. The Morgan fingerprint density at radius 3 is 2.79 bits per heavy atom. The number of aromatic nitrogens is 2. The zero-order valence-corrected chi connectivity index (χ0v) is 12.1. The predicted octanol–water partition coefficient (Wildman–Crippen LogP) is 3.91. The molecule has 19 heavy (non-hydrogen) atoms. The van der Waals surface area contributed by atoms with E-state index in [0.29, 0.717) is 6.61 Å². The van der Waals surface area contributed by atoms with Crippen molar-refractivity contribution in [2.45, 2.75) is 6.61 Å². The number of aryl methyl sites for hydroxylation is 1. The zero-order chi connectivity index (χ0) is 13.2. The van der Waals surface area contributed by atoms with Gasteiger partial charge in [0.2, 0.25) is 0 Å². The second-order valence-electron chi connectivity index (χ2n) is 4.40. The molecular weight excluding hydrogens is 304 g/mol. The number of rotatable bonds is 3. The quantitative estimate of drug-likeness (QED) is 0.732. The molecule has 0 aliphatic rings. The van der Waals surface area contributed by atoms with E-state index in [4.69, 9.17) is 4.74 Å². The van der Waals surface area contributed by atoms with Crippen LogP contribution in [0.5, 0.6) is 5.75 Å². The highest BCUT2D eigenvalue weighted by Crippen LogP contribution is 2.30. The van der Waals surface area contributed by atoms with Gasteiger partial charge in [-0.1, -0.05) is 30.3 Å². The van der Waals surface area contributed by atoms with Gasteiger partial charge in [0.05, 0.1) is 21.8 Å². The Labute approximate surface area is 120 Å². The SMILES string of the molecule is Cn1cnc2cc(OCc3ccccc3)c(Br)cc21. The molecule has 0 unspecified atom stereocenters. The summed E-state index contributed by atoms with van der Waals surface area (Å²) in [6, 6.07) is 14.1. The lowest BCUT2D eigenvalue weighted by molar-refractivity contribution is 0.304. The number of benzene rings is 2. The van der Waals surface area contributed by atoms with Gasteiger partial charge in [-0.2, -0.15) is 0 Å². The first-order valence-corrected chi connectivity index (χ1v) is 6.80. The molecule has 0 saturated carbocycles. The minimum absolute atomic E-state index is 0.553. The van der Waals surface area contributed by atoms with Gasteiger partial charge in [0.15, 0.2) is 0 Å². The molecule has 0 spiro atoms. The maximum absolute atomic E-state index is 5.84. The van der Waals surface area contributed by atoms with Crippen molar-refractivity contribution in [3.8, 4) is 5.75 Å². The molecule has 0 aliphatic heterocycles. The van der Waals surface area contributed by atoms with Crippen molar-refractivity contribution >= 4 is 27.0 Å². The number of halogens is 1. The van der Waals surface area contributed by atoms with Crippen LogP contribution < -0.4 is 4.74 Å². The predicted molar refractivity (Wildman–Crippen MR) is 79.2 cm³/mol. The molecular formula is C15H13BrN2O. The molecule has 0 fully saturated rings. The summed E-state index contributed by atoms with van der Waals surface area (Å²) in [5, 5.41) is 0. The molecule has 0 atom stereocenters. The van der Waals surface area contributed by atoms with E-state index in [2.05, 4.69) is 20.9 Å². The molecule has 1 aromatic heterocycles. The van der Waals surface area contributed by atoms with E-state index in [0.717, 1.165) is 26.8 Å². The van der Waals surface area contributed by atoms with E-state index in [9.17, 15) is 0 Å². The smallest absolute Gasteiger partial charge is 0.136 e. The minimum atomic E-state index is 0.553. The monoisotopic (exact) mass is 316 g/mol. The van der Waals surface area contributed by atoms with Crippen LogP contribution in [0.2, 0.25) is 0 Å². The number of ether oxygens (including phenoxy) is 1. The molecule has 1 heterocycles. The standard InChI is InChI=1S/C15H13BrN2O/c1-18-10-17-13-8-15(12(16)7-14(13)18)19-9-11-5-3-2-4-6-11/h2-8,10H,9H2,1H3. The Hall–Kier alpha value is -1.81. The Morgan fingerprint density at radius 2 is 2.00 bits per heavy atom. The third-order valence-electron chi connectivity index (χ3n) is 3.02. The molecule has 0 bridgehead atoms. The van der Waals surface area contributed by atoms with Crippen LogP contribution in [-0.4, -0.2) is 9.55 Å². The van der Waals surface area contributed by atoms with Crippen LogP contribution in [0.4, 0.5) is 0 Å². The van der Waals surface area contributed by atoms with Crippen LogP contribution in [0.25, 0.3) is 11.0 Å². The van der Waals surface area contributed by atoms with Gasteiger partial charge < -0.3 is 9.30 Å². The summed E-state index contributed by atoms with van der Waals surface area (Å²) in [7, 11) is 1.98. The van der Waals surface area contributed by atoms with Crippen LogP contribution in [0, 0.1) is 0 Å². The van der Waals surface area contributed by atoms with E-state index in [-0.39, 0.29) is 0 Å². The summed E-state index contributed by atoms with van der Waals surface area (Å²) in [6.45, 7) is 0.553. The van der Waals surface area contributed by atoms with E-state index in [1.54, 1.807) is 6.33 Å². The Kier molecular flexibility index (Phi) is 3.25. The van der Waals surface area contributed by atoms with Gasteiger partial charge in [0, 0.05) is 13.1 Å². The highest BCUT2D eigenvalue weighted by atomic mass is 79.9. The molecule has 4 heteroatoms. The van der Waals surface area contributed by atoms with Crippen LogP contribution in [0.1, 0.15) is 5.56 Å². The number of fused-ring (bicyclic) bond motifs is 1. The molecule has 0 amide bonds. The lowest BCUT2D eigenvalue weighted by atomic mass is 10.2. The topological polar surface area (TPSA) is 27.1 Å². The molecule has 0 aliphatic carbocycles. The van der Waals surface area contributed by atoms with E-state index in [1.807, 2.05) is 54.1 Å². The summed E-state index contributed by atoms with van der Waals surface area (Å²) in [6.07, 6.45) is 1.80. The number of nitrogens with zero attached hydrogens (tertiary/aromatic N) is 2. The minimum Gasteiger partial charge on any atom is -0.488 e. The van der Waals surface area contributed by atoms with Crippen molar-refractivity contribution in [2.24, 2.45) is 7.05 Å². The lowest BCUT2D eigenvalue weighted by Crippen LogP contribution is -1.96. The summed E-state index contributed by atoms with van der Waals surface area (Å²) in [5.74, 6) is 0.815. The largest absolute Gasteiger partial charge is 0.488 e. The third kappa shape index (κ3) is 2.49. The second kappa shape index (κ2) is 5.05. The van der Waals surface area contributed by atoms with Gasteiger partial charge in [-0.25, -0.2) is 4.98 Å². The normalized spacial score (nSPS) is 10.8. The summed E-state index contributed by atoms with van der Waals surface area (Å²) in [4.78, 5) is 4.34. The van der Waals surface area contributed by atoms with Crippen LogP contribution >= 0.6 is 15.9 Å². The molecule has 3 aromatic rings. The molecule has 0 radical (unpaired) electrons. The highest BCUT2D eigenvalue weighted by molar-refractivity contribution is 9.10. The van der Waals surface area contributed by atoms with Gasteiger partial charge in [-0.3, -0.25) is 0 Å². The first-order valence-electron chi connectivity index (χ1n) is 6.01. The average molecular weight is 317 g/mol. The molecule has 3 nitrogen and oxygen atoms in total. The maximum atomic E-state index is 5.84. The van der Waals surface area contributed by atoms with Gasteiger partial charge >= 0.3 is 0 Å². The fraction of sp³-hybridized carbons (Fsp3) is 0.133. The highest BCUT2D eigenvalue weighted by Gasteiger charge is 2.07. The maximum Gasteiger partial charge on any atom is 0.136 e. The number of hydrogen-bond donors (Lipinski definition) is 0. The van der Waals surface area contributed by atoms with Crippen molar-refractivity contribution in [1.82, 2.24) is 9.55 Å². The van der Waals surface area contributed by atoms with Gasteiger partial charge in [-0.15, -0.1) is 0 Å². The summed E-state index contributed by atoms with van der Waals surface area (Å²) >= 11 is 3.54. The number of hydrogen-bond acceptors (Lipinski definition) is 2. The zero-order valence-electron chi connectivity index (χ0n) is 10.5. The Morgan fingerprint density at radius 1 is 1.21 bits per heavy atom. The first-order chi connectivity index (χ1) is 9.24. The molecule has 0 N–H and O–H groups in total. The van der Waals surface area contributed by atoms with Crippen molar-refractivity contribution in [3.05, 3.63) is 58.8 Å². The second-order valence-corrected chi connectivity index (χ2v) is 5.26. The van der Waals surface area contributed by atoms with Crippen LogP contribution in [0.15, 0.2) is 53.3 Å². The van der Waals surface area contributed by atoms with Crippen LogP contribution in [-0.2, 0) is 13.7 Å². The Balaban J connectivity index is 1.86. The van der Waals surface area contributed by atoms with Crippen LogP contribution in [0.3, 0.4) is 0 Å². The Bertz CT molecular complexity index is 707. The molecule has 3 rings (SSSR count). The molecule has 96 valence electrons. The van der Waals surface area contributed by atoms with Gasteiger partial charge in [0.1, 0.15) is 12.4 Å². The van der Waals surface area contributed by atoms with Crippen molar-refractivity contribution in [1.29, 1.82) is 0 Å². The summed E-state index contributed by atoms with van der Waals surface area (Å²) in [5.41, 5.74) is 3.17. The van der Waals surface area contributed by atoms with E-state index in [1.165, 1.54) is 0 Å². The van der Waals surface area contributed by atoms with Gasteiger partial charge in [-0.05, 0) is 27.6 Å². The first kappa shape index (κ1) is 12.2. The van der Waals surface area contributed by atoms with E-state index >= 15 is 0 Å². The van der Waals surface area contributed by atoms with Crippen molar-refractivity contribution in [3.63, 3.8) is 0 Å². The lowest BCUT2D eigenvalue weighted by Gasteiger charge is -2.08. The fourth-order valence-corrected chi connectivity index (χ4v) is 2.42. The summed E-state index contributed by atoms with van der Waals surface area (Å²) < 4.78 is 8.78. The fourth-order valence-electron chi connectivity index (χ4n) is 1.98. The van der Waals surface area contributed by atoms with Crippen molar-refractivity contribution in [2.75, 3.05) is 0 Å². The number of imidazole rings is 1. The van der Waals surface area contributed by atoms with Gasteiger partial charge in [0.25, 0.3) is 0 Å². The van der Waals surface area contributed by atoms with E-state index < -0.39 is 0 Å². The van der Waals surface area contributed by atoms with Crippen molar-refractivity contribution < 1.29 is 4.74 Å². The third-order valence-corrected chi connectivity index (χ3v) is 3.64. The average Bonchev–Trinajstić information content (AvgIpc) is 2.78.